The highest BCUT2D eigenvalue weighted by atomic mass is 14.1. The maximum absolute atomic E-state index is 3.81. The van der Waals surface area contributed by atoms with Crippen molar-refractivity contribution in [2.75, 3.05) is 0 Å². The fourth-order valence-electron chi connectivity index (χ4n) is 6.66. The van der Waals surface area contributed by atoms with Crippen LogP contribution in [0.5, 0.6) is 0 Å². The lowest BCUT2D eigenvalue weighted by atomic mass is 9.95. The second-order valence-corrected chi connectivity index (χ2v) is 14.2. The minimum absolute atomic E-state index is 0.958. The monoisotopic (exact) mass is 587 g/mol. The van der Waals surface area contributed by atoms with Gasteiger partial charge in [-0.25, -0.2) is 0 Å². The molecule has 0 spiro atoms. The van der Waals surface area contributed by atoms with Crippen LogP contribution >= 0.6 is 0 Å². The van der Waals surface area contributed by atoms with Crippen molar-refractivity contribution in [3.63, 3.8) is 0 Å². The van der Waals surface area contributed by atoms with Crippen molar-refractivity contribution in [1.29, 1.82) is 0 Å². The van der Waals surface area contributed by atoms with Gasteiger partial charge in [-0.2, -0.15) is 0 Å². The molecule has 0 bridgehead atoms. The summed E-state index contributed by atoms with van der Waals surface area (Å²) < 4.78 is 0. The van der Waals surface area contributed by atoms with E-state index in [0.717, 1.165) is 5.92 Å². The number of hydrogen-bond acceptors (Lipinski definition) is 0. The van der Waals surface area contributed by atoms with Gasteiger partial charge in [0, 0.05) is 0 Å². The fraction of sp³-hybridized carbons (Fsp3) is 0.905. The van der Waals surface area contributed by atoms with E-state index in [1.165, 1.54) is 231 Å². The van der Waals surface area contributed by atoms with Gasteiger partial charge < -0.3 is 0 Å². The predicted octanol–water partition coefficient (Wildman–Crippen LogP) is 16.0. The third-order valence-electron chi connectivity index (χ3n) is 9.71. The summed E-state index contributed by atoms with van der Waals surface area (Å²) in [7, 11) is 0. The van der Waals surface area contributed by atoms with E-state index >= 15 is 0 Å². The summed E-state index contributed by atoms with van der Waals surface area (Å²) in [5.41, 5.74) is 0. The van der Waals surface area contributed by atoms with Gasteiger partial charge in [0.25, 0.3) is 0 Å². The largest absolute Gasteiger partial charge is 0.103 e. The van der Waals surface area contributed by atoms with Crippen LogP contribution in [0.2, 0.25) is 0 Å². The Kier molecular flexibility index (Phi) is 38.0. The van der Waals surface area contributed by atoms with Crippen LogP contribution in [-0.2, 0) is 0 Å². The zero-order valence-electron chi connectivity index (χ0n) is 29.6. The van der Waals surface area contributed by atoms with Gasteiger partial charge in [-0.05, 0) is 31.6 Å². The molecule has 0 atom stereocenters. The van der Waals surface area contributed by atoms with Crippen LogP contribution < -0.4 is 0 Å². The molecule has 0 N–H and O–H groups in total. The van der Waals surface area contributed by atoms with Gasteiger partial charge in [0.2, 0.25) is 0 Å². The second-order valence-electron chi connectivity index (χ2n) is 14.2. The maximum atomic E-state index is 3.81. The Labute approximate surface area is 268 Å². The minimum atomic E-state index is 0.958. The Bertz CT molecular complexity index is 446. The molecule has 0 aliphatic carbocycles. The van der Waals surface area contributed by atoms with E-state index in [0.29, 0.717) is 0 Å². The average Bonchev–Trinajstić information content (AvgIpc) is 3.00. The van der Waals surface area contributed by atoms with Gasteiger partial charge in [0.1, 0.15) is 0 Å². The summed E-state index contributed by atoms with van der Waals surface area (Å²) in [6.07, 6.45) is 56.3. The Balaban J connectivity index is 3.14. The van der Waals surface area contributed by atoms with Gasteiger partial charge in [-0.15, -0.1) is 13.2 Å². The fourth-order valence-corrected chi connectivity index (χ4v) is 6.66. The molecule has 0 fully saturated rings. The number of unbranched alkanes of at least 4 members (excludes halogenated alkanes) is 32. The molecule has 0 aliphatic rings. The zero-order valence-corrected chi connectivity index (χ0v) is 29.6. The van der Waals surface area contributed by atoms with Crippen LogP contribution in [0.25, 0.3) is 0 Å². The Morgan fingerprint density at radius 2 is 0.452 bits per heavy atom. The van der Waals surface area contributed by atoms with Crippen LogP contribution in [0.3, 0.4) is 0 Å². The molecule has 0 radical (unpaired) electrons. The summed E-state index contributed by atoms with van der Waals surface area (Å²) >= 11 is 0. The molecule has 0 aromatic carbocycles. The van der Waals surface area contributed by atoms with Crippen molar-refractivity contribution >= 4 is 0 Å². The van der Waals surface area contributed by atoms with Gasteiger partial charge in [-0.1, -0.05) is 225 Å². The van der Waals surface area contributed by atoms with Crippen LogP contribution in [0.4, 0.5) is 0 Å². The van der Waals surface area contributed by atoms with Gasteiger partial charge in [-0.3, -0.25) is 0 Å². The average molecular weight is 587 g/mol. The zero-order chi connectivity index (χ0) is 30.4. The van der Waals surface area contributed by atoms with E-state index in [1.807, 2.05) is 0 Å². The Hall–Kier alpha value is -0.520. The first kappa shape index (κ1) is 41.5. The molecular formula is C42H82. The number of hydrogen-bond donors (Lipinski definition) is 0. The van der Waals surface area contributed by atoms with Crippen molar-refractivity contribution in [1.82, 2.24) is 0 Å². The first-order valence-corrected chi connectivity index (χ1v) is 20.0. The molecule has 0 aromatic rings. The molecular weight excluding hydrogens is 504 g/mol. The molecule has 0 heteroatoms. The summed E-state index contributed by atoms with van der Waals surface area (Å²) in [5, 5.41) is 0. The molecule has 0 unspecified atom stereocenters. The molecule has 0 saturated carbocycles. The molecule has 0 amide bonds. The third-order valence-corrected chi connectivity index (χ3v) is 9.71. The van der Waals surface area contributed by atoms with Crippen LogP contribution in [0.15, 0.2) is 25.3 Å². The molecule has 250 valence electrons. The highest BCUT2D eigenvalue weighted by Gasteiger charge is 2.02. The van der Waals surface area contributed by atoms with Crippen LogP contribution in [0.1, 0.15) is 238 Å². The van der Waals surface area contributed by atoms with Gasteiger partial charge >= 0.3 is 0 Å². The predicted molar refractivity (Wildman–Crippen MR) is 196 cm³/mol. The molecule has 0 rings (SSSR count). The molecule has 42 heavy (non-hydrogen) atoms. The van der Waals surface area contributed by atoms with E-state index in [4.69, 9.17) is 0 Å². The lowest BCUT2D eigenvalue weighted by Gasteiger charge is -2.11. The third kappa shape index (κ3) is 37.5. The quantitative estimate of drug-likeness (QED) is 0.0498. The van der Waals surface area contributed by atoms with Crippen molar-refractivity contribution in [2.24, 2.45) is 5.92 Å². The lowest BCUT2D eigenvalue weighted by Crippen LogP contribution is -1.95. The summed E-state index contributed by atoms with van der Waals surface area (Å²) in [4.78, 5) is 0. The van der Waals surface area contributed by atoms with E-state index in [9.17, 15) is 0 Å². The highest BCUT2D eigenvalue weighted by molar-refractivity contribution is 4.66. The summed E-state index contributed by atoms with van der Waals surface area (Å²) in [6, 6.07) is 0. The standard InChI is InChI=1S/C42H82/c1-4-6-8-10-12-14-16-18-20-22-24-26-28-30-32-34-36-38-40-42(3)41-39-37-35-33-31-29-27-25-23-21-19-17-15-13-11-9-7-5-2/h4-5,42H,1-2,6-41H2,3H3. The van der Waals surface area contributed by atoms with Crippen molar-refractivity contribution in [2.45, 2.75) is 238 Å². The van der Waals surface area contributed by atoms with E-state index in [2.05, 4.69) is 32.2 Å². The number of rotatable bonds is 38. The molecule has 0 nitrogen and oxygen atoms in total. The van der Waals surface area contributed by atoms with Crippen molar-refractivity contribution in [3.8, 4) is 0 Å². The van der Waals surface area contributed by atoms with Crippen molar-refractivity contribution in [3.05, 3.63) is 25.3 Å². The topological polar surface area (TPSA) is 0 Å². The second kappa shape index (κ2) is 38.5. The van der Waals surface area contributed by atoms with E-state index < -0.39 is 0 Å². The SMILES string of the molecule is C=CCCCCCCCCCCCCCCCCCCC(C)CCCCCCCCCCCCCCCCCCC=C. The minimum Gasteiger partial charge on any atom is -0.103 e. The molecule has 0 aliphatic heterocycles. The Morgan fingerprint density at radius 1 is 0.286 bits per heavy atom. The smallest absolute Gasteiger partial charge is 0.0353 e. The first-order valence-electron chi connectivity index (χ1n) is 20.0. The maximum Gasteiger partial charge on any atom is -0.0353 e. The molecule has 0 saturated heterocycles. The first-order chi connectivity index (χ1) is 20.8. The van der Waals surface area contributed by atoms with Crippen molar-refractivity contribution < 1.29 is 0 Å². The summed E-state index contributed by atoms with van der Waals surface area (Å²) in [6.45, 7) is 10.1. The molecule has 0 aromatic heterocycles. The van der Waals surface area contributed by atoms with Gasteiger partial charge in [0.05, 0.1) is 0 Å². The summed E-state index contributed by atoms with van der Waals surface area (Å²) in [5.74, 6) is 0.958. The Morgan fingerprint density at radius 3 is 0.643 bits per heavy atom. The van der Waals surface area contributed by atoms with E-state index in [1.54, 1.807) is 0 Å². The van der Waals surface area contributed by atoms with E-state index in [-0.39, 0.29) is 0 Å². The number of allylic oxidation sites excluding steroid dienone is 2. The highest BCUT2D eigenvalue weighted by Crippen LogP contribution is 2.20. The van der Waals surface area contributed by atoms with Gasteiger partial charge in [0.15, 0.2) is 0 Å². The normalized spacial score (nSPS) is 11.5. The van der Waals surface area contributed by atoms with Crippen LogP contribution in [-0.4, -0.2) is 0 Å². The molecule has 0 heterocycles. The lowest BCUT2D eigenvalue weighted by molar-refractivity contribution is 0.429. The van der Waals surface area contributed by atoms with Crippen LogP contribution in [0, 0.1) is 5.92 Å².